The molecule has 15 heavy (non-hydrogen) atoms. The normalized spacial score (nSPS) is 12.9. The van der Waals surface area contributed by atoms with Gasteiger partial charge in [0.2, 0.25) is 0 Å². The smallest absolute Gasteiger partial charge is 0.0949 e. The highest BCUT2D eigenvalue weighted by atomic mass is 16.5. The third-order valence-corrected chi connectivity index (χ3v) is 2.81. The number of hydrogen-bond acceptors (Lipinski definition) is 2. The summed E-state index contributed by atoms with van der Waals surface area (Å²) in [5, 5.41) is 0. The third kappa shape index (κ3) is 2.80. The zero-order chi connectivity index (χ0) is 11.4. The van der Waals surface area contributed by atoms with Gasteiger partial charge in [0.25, 0.3) is 0 Å². The molecule has 0 heterocycles. The first-order valence-electron chi connectivity index (χ1n) is 5.49. The Morgan fingerprint density at radius 2 is 1.73 bits per heavy atom. The molecule has 0 fully saturated rings. The van der Waals surface area contributed by atoms with Gasteiger partial charge in [-0.15, -0.1) is 0 Å². The van der Waals surface area contributed by atoms with E-state index in [-0.39, 0.29) is 6.10 Å². The van der Waals surface area contributed by atoms with Crippen LogP contribution in [-0.4, -0.2) is 13.2 Å². The minimum atomic E-state index is 0.0364. The molecule has 0 aromatic heterocycles. The standard InChI is InChI=1S/C13H21NO/c1-5-15-13(8-14)12-7-10(3)9(2)6-11(12)4/h6-7,13H,5,8,14H2,1-4H3. The van der Waals surface area contributed by atoms with E-state index in [4.69, 9.17) is 10.5 Å². The van der Waals surface area contributed by atoms with E-state index in [1.165, 1.54) is 22.3 Å². The van der Waals surface area contributed by atoms with Gasteiger partial charge in [-0.1, -0.05) is 12.1 Å². The maximum Gasteiger partial charge on any atom is 0.0949 e. The van der Waals surface area contributed by atoms with E-state index in [0.717, 1.165) is 0 Å². The van der Waals surface area contributed by atoms with Crippen LogP contribution >= 0.6 is 0 Å². The van der Waals surface area contributed by atoms with Gasteiger partial charge in [0.05, 0.1) is 6.10 Å². The lowest BCUT2D eigenvalue weighted by molar-refractivity contribution is 0.0684. The first kappa shape index (κ1) is 12.2. The van der Waals surface area contributed by atoms with E-state index in [0.29, 0.717) is 13.2 Å². The second-order valence-corrected chi connectivity index (χ2v) is 3.97. The van der Waals surface area contributed by atoms with Crippen LogP contribution in [0.15, 0.2) is 12.1 Å². The van der Waals surface area contributed by atoms with Crippen molar-refractivity contribution in [1.82, 2.24) is 0 Å². The highest BCUT2D eigenvalue weighted by Crippen LogP contribution is 2.23. The van der Waals surface area contributed by atoms with Gasteiger partial charge in [-0.2, -0.15) is 0 Å². The number of aryl methyl sites for hydroxylation is 3. The van der Waals surface area contributed by atoms with E-state index in [2.05, 4.69) is 32.9 Å². The maximum atomic E-state index is 5.72. The average molecular weight is 207 g/mol. The van der Waals surface area contributed by atoms with Crippen molar-refractivity contribution in [2.45, 2.75) is 33.8 Å². The Hall–Kier alpha value is -0.860. The summed E-state index contributed by atoms with van der Waals surface area (Å²) in [6.45, 7) is 9.61. The van der Waals surface area contributed by atoms with Gasteiger partial charge in [-0.05, 0) is 49.9 Å². The lowest BCUT2D eigenvalue weighted by Gasteiger charge is -2.19. The molecule has 0 aliphatic carbocycles. The fourth-order valence-electron chi connectivity index (χ4n) is 1.82. The molecule has 0 amide bonds. The maximum absolute atomic E-state index is 5.72. The van der Waals surface area contributed by atoms with E-state index < -0.39 is 0 Å². The summed E-state index contributed by atoms with van der Waals surface area (Å²) in [6, 6.07) is 4.39. The van der Waals surface area contributed by atoms with Gasteiger partial charge in [0, 0.05) is 13.2 Å². The van der Waals surface area contributed by atoms with Crippen molar-refractivity contribution in [3.8, 4) is 0 Å². The molecule has 1 atom stereocenters. The van der Waals surface area contributed by atoms with Crippen LogP contribution in [0, 0.1) is 20.8 Å². The van der Waals surface area contributed by atoms with Crippen LogP contribution in [0.1, 0.15) is 35.3 Å². The van der Waals surface area contributed by atoms with Crippen molar-refractivity contribution in [2.75, 3.05) is 13.2 Å². The molecule has 0 radical (unpaired) electrons. The van der Waals surface area contributed by atoms with Crippen LogP contribution in [-0.2, 0) is 4.74 Å². The second kappa shape index (κ2) is 5.29. The van der Waals surface area contributed by atoms with Gasteiger partial charge >= 0.3 is 0 Å². The number of ether oxygens (including phenoxy) is 1. The lowest BCUT2D eigenvalue weighted by Crippen LogP contribution is -2.17. The molecular weight excluding hydrogens is 186 g/mol. The van der Waals surface area contributed by atoms with Crippen LogP contribution in [0.4, 0.5) is 0 Å². The quantitative estimate of drug-likeness (QED) is 0.823. The molecular formula is C13H21NO. The zero-order valence-corrected chi connectivity index (χ0v) is 10.1. The van der Waals surface area contributed by atoms with E-state index in [1.807, 2.05) is 6.92 Å². The van der Waals surface area contributed by atoms with Crippen LogP contribution in [0.25, 0.3) is 0 Å². The molecule has 2 heteroatoms. The first-order valence-corrected chi connectivity index (χ1v) is 5.49. The van der Waals surface area contributed by atoms with Crippen LogP contribution in [0.2, 0.25) is 0 Å². The van der Waals surface area contributed by atoms with Gasteiger partial charge < -0.3 is 10.5 Å². The predicted molar refractivity (Wildman–Crippen MR) is 64.1 cm³/mol. The summed E-state index contributed by atoms with van der Waals surface area (Å²) in [5.41, 5.74) is 10.8. The largest absolute Gasteiger partial charge is 0.372 e. The Kier molecular flexibility index (Phi) is 4.30. The molecule has 0 saturated heterocycles. The minimum Gasteiger partial charge on any atom is -0.372 e. The second-order valence-electron chi connectivity index (χ2n) is 3.97. The molecule has 84 valence electrons. The molecule has 1 rings (SSSR count). The molecule has 1 unspecified atom stereocenters. The Balaban J connectivity index is 3.06. The Labute approximate surface area is 92.4 Å². The fourth-order valence-corrected chi connectivity index (χ4v) is 1.82. The predicted octanol–water partition coefficient (Wildman–Crippen LogP) is 2.65. The molecule has 1 aromatic rings. The van der Waals surface area contributed by atoms with Crippen molar-refractivity contribution in [2.24, 2.45) is 5.73 Å². The molecule has 1 aromatic carbocycles. The summed E-state index contributed by atoms with van der Waals surface area (Å²) in [5.74, 6) is 0. The average Bonchev–Trinajstić information content (AvgIpc) is 2.20. The molecule has 0 spiro atoms. The van der Waals surface area contributed by atoms with Crippen molar-refractivity contribution in [3.05, 3.63) is 34.4 Å². The molecule has 0 aliphatic heterocycles. The number of rotatable bonds is 4. The first-order chi connectivity index (χ1) is 7.10. The highest BCUT2D eigenvalue weighted by Gasteiger charge is 2.12. The number of hydrogen-bond donors (Lipinski definition) is 1. The third-order valence-electron chi connectivity index (χ3n) is 2.81. The minimum absolute atomic E-state index is 0.0364. The van der Waals surface area contributed by atoms with Gasteiger partial charge in [-0.25, -0.2) is 0 Å². The van der Waals surface area contributed by atoms with Gasteiger partial charge in [-0.3, -0.25) is 0 Å². The van der Waals surface area contributed by atoms with Crippen molar-refractivity contribution < 1.29 is 4.74 Å². The SMILES string of the molecule is CCOC(CN)c1cc(C)c(C)cc1C. The fraction of sp³-hybridized carbons (Fsp3) is 0.538. The van der Waals surface area contributed by atoms with E-state index in [9.17, 15) is 0 Å². The zero-order valence-electron chi connectivity index (χ0n) is 10.1. The lowest BCUT2D eigenvalue weighted by atomic mass is 9.97. The topological polar surface area (TPSA) is 35.2 Å². The van der Waals surface area contributed by atoms with E-state index >= 15 is 0 Å². The van der Waals surface area contributed by atoms with E-state index in [1.54, 1.807) is 0 Å². The Morgan fingerprint density at radius 3 is 2.27 bits per heavy atom. The molecule has 0 aliphatic rings. The number of benzene rings is 1. The molecule has 0 saturated carbocycles. The summed E-state index contributed by atoms with van der Waals surface area (Å²) in [6.07, 6.45) is 0.0364. The van der Waals surface area contributed by atoms with Crippen LogP contribution < -0.4 is 5.73 Å². The monoisotopic (exact) mass is 207 g/mol. The summed E-state index contributed by atoms with van der Waals surface area (Å²) >= 11 is 0. The summed E-state index contributed by atoms with van der Waals surface area (Å²) < 4.78 is 5.63. The number of nitrogens with two attached hydrogens (primary N) is 1. The van der Waals surface area contributed by atoms with Crippen LogP contribution in [0.3, 0.4) is 0 Å². The van der Waals surface area contributed by atoms with Crippen molar-refractivity contribution >= 4 is 0 Å². The molecule has 2 N–H and O–H groups in total. The van der Waals surface area contributed by atoms with Gasteiger partial charge in [0.15, 0.2) is 0 Å². The molecule has 2 nitrogen and oxygen atoms in total. The van der Waals surface area contributed by atoms with Crippen molar-refractivity contribution in [1.29, 1.82) is 0 Å². The Bertz CT molecular complexity index is 334. The summed E-state index contributed by atoms with van der Waals surface area (Å²) in [7, 11) is 0. The van der Waals surface area contributed by atoms with Crippen LogP contribution in [0.5, 0.6) is 0 Å². The summed E-state index contributed by atoms with van der Waals surface area (Å²) in [4.78, 5) is 0. The van der Waals surface area contributed by atoms with Crippen molar-refractivity contribution in [3.63, 3.8) is 0 Å². The highest BCUT2D eigenvalue weighted by molar-refractivity contribution is 5.37. The Morgan fingerprint density at radius 1 is 1.13 bits per heavy atom. The van der Waals surface area contributed by atoms with Gasteiger partial charge in [0.1, 0.15) is 0 Å². The molecule has 0 bridgehead atoms.